The Balaban J connectivity index is 2.12. The van der Waals surface area contributed by atoms with Gasteiger partial charge < -0.3 is 4.98 Å². The van der Waals surface area contributed by atoms with Gasteiger partial charge in [-0.15, -0.1) is 0 Å². The highest BCUT2D eigenvalue weighted by Gasteiger charge is 2.18. The molecule has 6 heteroatoms. The monoisotopic (exact) mass is 405 g/mol. The first-order chi connectivity index (χ1) is 12.8. The molecule has 1 aliphatic rings. The molecule has 0 atom stereocenters. The third-order valence-corrected chi connectivity index (χ3v) is 6.69. The van der Waals surface area contributed by atoms with Gasteiger partial charge in [0, 0.05) is 23.1 Å². The zero-order valence-electron chi connectivity index (χ0n) is 15.6. The van der Waals surface area contributed by atoms with Crippen LogP contribution < -0.4 is 5.56 Å². The van der Waals surface area contributed by atoms with Crippen LogP contribution in [0.2, 0.25) is 5.02 Å². The number of H-pyrrole nitrogens is 1. The van der Waals surface area contributed by atoms with Gasteiger partial charge in [-0.2, -0.15) is 0 Å². The SMILES string of the molecule is CCc1ccc(/C(=C/C2CCCC2)c2ccc(S(C)(=O)=O)c(Cl)c2)[nH]c1=O. The number of pyridine rings is 1. The molecule has 0 aliphatic heterocycles. The van der Waals surface area contributed by atoms with Crippen molar-refractivity contribution in [1.82, 2.24) is 4.98 Å². The molecule has 0 unspecified atom stereocenters. The Bertz CT molecular complexity index is 1030. The first-order valence-electron chi connectivity index (χ1n) is 9.24. The molecule has 1 N–H and O–H groups in total. The largest absolute Gasteiger partial charge is 0.322 e. The van der Waals surface area contributed by atoms with Crippen molar-refractivity contribution >= 4 is 27.0 Å². The van der Waals surface area contributed by atoms with Gasteiger partial charge in [0.2, 0.25) is 0 Å². The van der Waals surface area contributed by atoms with Crippen molar-refractivity contribution in [3.05, 3.63) is 68.6 Å². The van der Waals surface area contributed by atoms with Crippen LogP contribution in [0.15, 0.2) is 46.1 Å². The van der Waals surface area contributed by atoms with Crippen LogP contribution in [0.4, 0.5) is 0 Å². The second-order valence-electron chi connectivity index (χ2n) is 7.12. The minimum Gasteiger partial charge on any atom is -0.322 e. The van der Waals surface area contributed by atoms with E-state index in [1.54, 1.807) is 12.1 Å². The number of rotatable bonds is 5. The van der Waals surface area contributed by atoms with Gasteiger partial charge in [-0.1, -0.05) is 49.6 Å². The number of benzene rings is 1. The van der Waals surface area contributed by atoms with E-state index in [1.807, 2.05) is 19.1 Å². The molecular weight excluding hydrogens is 382 g/mol. The molecule has 144 valence electrons. The molecule has 3 rings (SSSR count). The van der Waals surface area contributed by atoms with E-state index in [-0.39, 0.29) is 15.5 Å². The van der Waals surface area contributed by atoms with Gasteiger partial charge in [-0.25, -0.2) is 8.42 Å². The molecule has 27 heavy (non-hydrogen) atoms. The van der Waals surface area contributed by atoms with Crippen molar-refractivity contribution in [2.24, 2.45) is 5.92 Å². The lowest BCUT2D eigenvalue weighted by molar-refractivity contribution is 0.602. The average molecular weight is 406 g/mol. The molecule has 0 spiro atoms. The van der Waals surface area contributed by atoms with Crippen molar-refractivity contribution in [2.45, 2.75) is 43.9 Å². The summed E-state index contributed by atoms with van der Waals surface area (Å²) in [6, 6.07) is 8.73. The quantitative estimate of drug-likeness (QED) is 0.789. The summed E-state index contributed by atoms with van der Waals surface area (Å²) in [6.45, 7) is 1.95. The van der Waals surface area contributed by atoms with Crippen LogP contribution >= 0.6 is 11.6 Å². The van der Waals surface area contributed by atoms with Crippen molar-refractivity contribution in [3.63, 3.8) is 0 Å². The molecule has 1 fully saturated rings. The van der Waals surface area contributed by atoms with E-state index in [0.717, 1.165) is 41.5 Å². The van der Waals surface area contributed by atoms with Gasteiger partial charge >= 0.3 is 0 Å². The molecule has 1 aromatic carbocycles. The van der Waals surface area contributed by atoms with Gasteiger partial charge in [0.1, 0.15) is 0 Å². The lowest BCUT2D eigenvalue weighted by Crippen LogP contribution is -2.13. The second kappa shape index (κ2) is 8.03. The van der Waals surface area contributed by atoms with Crippen molar-refractivity contribution in [3.8, 4) is 0 Å². The Morgan fingerprint density at radius 1 is 1.22 bits per heavy atom. The molecule has 4 nitrogen and oxygen atoms in total. The first kappa shape index (κ1) is 19.9. The fraction of sp³-hybridized carbons (Fsp3) is 0.381. The molecule has 1 aliphatic carbocycles. The van der Waals surface area contributed by atoms with Crippen molar-refractivity contribution < 1.29 is 8.42 Å². The van der Waals surface area contributed by atoms with E-state index < -0.39 is 9.84 Å². The van der Waals surface area contributed by atoms with E-state index in [1.165, 1.54) is 18.9 Å². The van der Waals surface area contributed by atoms with Gasteiger partial charge in [0.05, 0.1) is 9.92 Å². The minimum atomic E-state index is -3.39. The number of halogens is 1. The summed E-state index contributed by atoms with van der Waals surface area (Å²) in [5.41, 5.74) is 3.07. The van der Waals surface area contributed by atoms with E-state index >= 15 is 0 Å². The fourth-order valence-electron chi connectivity index (χ4n) is 3.61. The van der Waals surface area contributed by atoms with Crippen molar-refractivity contribution in [2.75, 3.05) is 6.26 Å². The van der Waals surface area contributed by atoms with E-state index in [0.29, 0.717) is 12.3 Å². The lowest BCUT2D eigenvalue weighted by atomic mass is 9.95. The number of allylic oxidation sites excluding steroid dienone is 1. The Kier molecular flexibility index (Phi) is 5.92. The van der Waals surface area contributed by atoms with Gasteiger partial charge in [0.15, 0.2) is 9.84 Å². The van der Waals surface area contributed by atoms with E-state index in [4.69, 9.17) is 11.6 Å². The summed E-state index contributed by atoms with van der Waals surface area (Å²) in [7, 11) is -3.39. The third kappa shape index (κ3) is 4.53. The van der Waals surface area contributed by atoms with Crippen LogP contribution in [0.1, 0.15) is 49.4 Å². The van der Waals surface area contributed by atoms with Gasteiger partial charge in [-0.3, -0.25) is 4.79 Å². The summed E-state index contributed by atoms with van der Waals surface area (Å²) in [6.07, 6.45) is 8.65. The number of aromatic amines is 1. The molecular formula is C21H24ClNO3S. The summed E-state index contributed by atoms with van der Waals surface area (Å²) in [5.74, 6) is 0.447. The maximum atomic E-state index is 12.3. The van der Waals surface area contributed by atoms with Crippen LogP contribution in [-0.4, -0.2) is 19.7 Å². The normalized spacial score (nSPS) is 16.0. The van der Waals surface area contributed by atoms with Crippen LogP contribution in [0.3, 0.4) is 0 Å². The molecule has 0 radical (unpaired) electrons. The number of aryl methyl sites for hydroxylation is 1. The minimum absolute atomic E-state index is 0.0915. The highest BCUT2D eigenvalue weighted by Crippen LogP contribution is 2.33. The molecule has 1 heterocycles. The smallest absolute Gasteiger partial charge is 0.251 e. The first-order valence-corrected chi connectivity index (χ1v) is 11.5. The zero-order valence-corrected chi connectivity index (χ0v) is 17.2. The maximum absolute atomic E-state index is 12.3. The average Bonchev–Trinajstić information content (AvgIpc) is 3.11. The zero-order chi connectivity index (χ0) is 19.6. The Hall–Kier alpha value is -1.85. The topological polar surface area (TPSA) is 67.0 Å². The molecule has 1 aromatic heterocycles. The number of nitrogens with one attached hydrogen (secondary N) is 1. The number of hydrogen-bond donors (Lipinski definition) is 1. The maximum Gasteiger partial charge on any atom is 0.251 e. The predicted octanol–water partition coefficient (Wildman–Crippen LogP) is 4.62. The highest BCUT2D eigenvalue weighted by molar-refractivity contribution is 7.90. The Morgan fingerprint density at radius 2 is 1.93 bits per heavy atom. The van der Waals surface area contributed by atoms with Gasteiger partial charge in [0.25, 0.3) is 5.56 Å². The summed E-state index contributed by atoms with van der Waals surface area (Å²) >= 11 is 6.26. The molecule has 0 saturated heterocycles. The third-order valence-electron chi connectivity index (χ3n) is 5.11. The van der Waals surface area contributed by atoms with Crippen LogP contribution in [0, 0.1) is 5.92 Å². The summed E-state index contributed by atoms with van der Waals surface area (Å²) in [5, 5.41) is 0.194. The molecule has 0 bridgehead atoms. The Labute approximate surface area is 165 Å². The lowest BCUT2D eigenvalue weighted by Gasteiger charge is -2.14. The van der Waals surface area contributed by atoms with E-state index in [9.17, 15) is 13.2 Å². The highest BCUT2D eigenvalue weighted by atomic mass is 35.5. The molecule has 0 amide bonds. The van der Waals surface area contributed by atoms with Crippen LogP contribution in [-0.2, 0) is 16.3 Å². The van der Waals surface area contributed by atoms with Crippen LogP contribution in [0.5, 0.6) is 0 Å². The predicted molar refractivity (Wildman–Crippen MR) is 110 cm³/mol. The second-order valence-corrected chi connectivity index (χ2v) is 9.51. The number of aromatic nitrogens is 1. The summed E-state index contributed by atoms with van der Waals surface area (Å²) in [4.78, 5) is 15.4. The summed E-state index contributed by atoms with van der Waals surface area (Å²) < 4.78 is 23.7. The molecule has 2 aromatic rings. The van der Waals surface area contributed by atoms with E-state index in [2.05, 4.69) is 11.1 Å². The number of hydrogen-bond acceptors (Lipinski definition) is 3. The standard InChI is InChI=1S/C21H24ClNO3S/c1-3-15-8-10-19(23-21(15)24)17(12-14-6-4-5-7-14)16-9-11-20(18(22)13-16)27(2,25)26/h8-14H,3-7H2,1-2H3,(H,23,24)/b17-12+. The number of sulfone groups is 1. The van der Waals surface area contributed by atoms with Crippen LogP contribution in [0.25, 0.3) is 5.57 Å². The van der Waals surface area contributed by atoms with Crippen molar-refractivity contribution in [1.29, 1.82) is 0 Å². The Morgan fingerprint density at radius 3 is 2.48 bits per heavy atom. The fourth-order valence-corrected chi connectivity index (χ4v) is 4.94. The van der Waals surface area contributed by atoms with Gasteiger partial charge in [-0.05, 0) is 48.9 Å². The molecule has 1 saturated carbocycles.